The van der Waals surface area contributed by atoms with Gasteiger partial charge in [0.1, 0.15) is 5.54 Å². The van der Waals surface area contributed by atoms with E-state index >= 15 is 0 Å². The molecule has 5 heteroatoms. The molecule has 1 aliphatic carbocycles. The smallest absolute Gasteiger partial charge is 0.329 e. The van der Waals surface area contributed by atoms with E-state index in [0.717, 1.165) is 38.5 Å². The number of rotatable bonds is 4. The van der Waals surface area contributed by atoms with Gasteiger partial charge in [-0.15, -0.1) is 0 Å². The first-order chi connectivity index (χ1) is 8.78. The normalized spacial score (nSPS) is 19.6. The Morgan fingerprint density at radius 2 is 1.68 bits per heavy atom. The standard InChI is InChI=1S/C14H26N2O3/c1-13(2,12(18)19)16(3)11(17)14(10-15)8-6-4-5-7-9-14/h4-10,15H2,1-3H3,(H,18,19). The molecule has 0 atom stereocenters. The van der Waals surface area contributed by atoms with Gasteiger partial charge in [0, 0.05) is 13.6 Å². The van der Waals surface area contributed by atoms with Crippen LogP contribution in [0.25, 0.3) is 0 Å². The van der Waals surface area contributed by atoms with Crippen molar-refractivity contribution in [1.29, 1.82) is 0 Å². The van der Waals surface area contributed by atoms with Gasteiger partial charge in [0.15, 0.2) is 0 Å². The molecule has 0 aromatic rings. The first-order valence-electron chi connectivity index (χ1n) is 7.00. The molecular weight excluding hydrogens is 244 g/mol. The van der Waals surface area contributed by atoms with Crippen LogP contribution < -0.4 is 5.73 Å². The predicted molar refractivity (Wildman–Crippen MR) is 73.7 cm³/mol. The van der Waals surface area contributed by atoms with Crippen LogP contribution in [0.5, 0.6) is 0 Å². The van der Waals surface area contributed by atoms with Crippen LogP contribution in [0.15, 0.2) is 0 Å². The highest BCUT2D eigenvalue weighted by molar-refractivity contribution is 5.89. The van der Waals surface area contributed by atoms with Gasteiger partial charge in [0.25, 0.3) is 0 Å². The Kier molecular flexibility index (Phi) is 4.96. The summed E-state index contributed by atoms with van der Waals surface area (Å²) in [5.41, 5.74) is 4.10. The molecule has 0 heterocycles. The average Bonchev–Trinajstić information content (AvgIpc) is 2.62. The highest BCUT2D eigenvalue weighted by Gasteiger charge is 2.45. The van der Waals surface area contributed by atoms with Crippen LogP contribution >= 0.6 is 0 Å². The highest BCUT2D eigenvalue weighted by atomic mass is 16.4. The topological polar surface area (TPSA) is 83.6 Å². The minimum absolute atomic E-state index is 0.121. The lowest BCUT2D eigenvalue weighted by atomic mass is 9.78. The molecule has 19 heavy (non-hydrogen) atoms. The van der Waals surface area contributed by atoms with Crippen LogP contribution in [0.2, 0.25) is 0 Å². The molecule has 1 saturated carbocycles. The third-order valence-corrected chi connectivity index (χ3v) is 4.57. The van der Waals surface area contributed by atoms with Crippen molar-refractivity contribution in [2.75, 3.05) is 13.6 Å². The third kappa shape index (κ3) is 3.08. The summed E-state index contributed by atoms with van der Waals surface area (Å²) in [5, 5.41) is 9.25. The van der Waals surface area contributed by atoms with Crippen molar-refractivity contribution in [3.8, 4) is 0 Å². The summed E-state index contributed by atoms with van der Waals surface area (Å²) in [4.78, 5) is 25.4. The van der Waals surface area contributed by atoms with Crippen LogP contribution in [0.1, 0.15) is 52.4 Å². The van der Waals surface area contributed by atoms with Gasteiger partial charge in [-0.1, -0.05) is 25.7 Å². The van der Waals surface area contributed by atoms with E-state index in [1.165, 1.54) is 4.90 Å². The van der Waals surface area contributed by atoms with Gasteiger partial charge >= 0.3 is 5.97 Å². The number of carboxylic acids is 1. The van der Waals surface area contributed by atoms with E-state index in [9.17, 15) is 14.7 Å². The maximum absolute atomic E-state index is 12.7. The van der Waals surface area contributed by atoms with Crippen molar-refractivity contribution in [2.45, 2.75) is 57.9 Å². The molecule has 1 aliphatic rings. The zero-order valence-corrected chi connectivity index (χ0v) is 12.2. The SMILES string of the molecule is CN(C(=O)C1(CN)CCCCCC1)C(C)(C)C(=O)O. The Hall–Kier alpha value is -1.10. The van der Waals surface area contributed by atoms with Gasteiger partial charge in [0.2, 0.25) is 5.91 Å². The molecular formula is C14H26N2O3. The van der Waals surface area contributed by atoms with Crippen LogP contribution in [-0.2, 0) is 9.59 Å². The fraction of sp³-hybridized carbons (Fsp3) is 0.857. The molecule has 0 aromatic carbocycles. The third-order valence-electron chi connectivity index (χ3n) is 4.57. The molecule has 0 spiro atoms. The van der Waals surface area contributed by atoms with E-state index < -0.39 is 16.9 Å². The molecule has 0 unspecified atom stereocenters. The summed E-state index contributed by atoms with van der Waals surface area (Å²) in [6, 6.07) is 0. The number of hydrogen-bond acceptors (Lipinski definition) is 3. The van der Waals surface area contributed by atoms with E-state index in [-0.39, 0.29) is 5.91 Å². The Labute approximate surface area is 115 Å². The quantitative estimate of drug-likeness (QED) is 0.760. The van der Waals surface area contributed by atoms with E-state index in [2.05, 4.69) is 0 Å². The number of nitrogens with zero attached hydrogens (tertiary/aromatic N) is 1. The number of carboxylic acid groups (broad SMARTS) is 1. The molecule has 5 nitrogen and oxygen atoms in total. The molecule has 0 saturated heterocycles. The van der Waals surface area contributed by atoms with Crippen molar-refractivity contribution in [2.24, 2.45) is 11.1 Å². The van der Waals surface area contributed by atoms with Gasteiger partial charge < -0.3 is 15.7 Å². The Balaban J connectivity index is 2.97. The second kappa shape index (κ2) is 5.90. The zero-order chi connectivity index (χ0) is 14.7. The van der Waals surface area contributed by atoms with Crippen LogP contribution in [0.3, 0.4) is 0 Å². The van der Waals surface area contributed by atoms with Crippen LogP contribution in [0, 0.1) is 5.41 Å². The van der Waals surface area contributed by atoms with E-state index in [1.54, 1.807) is 20.9 Å². The average molecular weight is 270 g/mol. The largest absolute Gasteiger partial charge is 0.480 e. The molecule has 1 fully saturated rings. The van der Waals surface area contributed by atoms with Gasteiger partial charge in [-0.25, -0.2) is 4.79 Å². The maximum Gasteiger partial charge on any atom is 0.329 e. The van der Waals surface area contributed by atoms with Gasteiger partial charge in [-0.05, 0) is 26.7 Å². The Morgan fingerprint density at radius 1 is 1.21 bits per heavy atom. The Bertz CT molecular complexity index is 345. The van der Waals surface area contributed by atoms with Crippen molar-refractivity contribution < 1.29 is 14.7 Å². The van der Waals surface area contributed by atoms with E-state index in [1.807, 2.05) is 0 Å². The molecule has 1 rings (SSSR count). The van der Waals surface area contributed by atoms with Gasteiger partial charge in [-0.3, -0.25) is 4.79 Å². The first-order valence-corrected chi connectivity index (χ1v) is 7.00. The van der Waals surface area contributed by atoms with E-state index in [4.69, 9.17) is 5.73 Å². The minimum atomic E-state index is -1.20. The number of likely N-dealkylation sites (N-methyl/N-ethyl adjacent to an activating group) is 1. The van der Waals surface area contributed by atoms with Crippen molar-refractivity contribution in [3.05, 3.63) is 0 Å². The van der Waals surface area contributed by atoms with Crippen molar-refractivity contribution in [3.63, 3.8) is 0 Å². The lowest BCUT2D eigenvalue weighted by Crippen LogP contribution is -2.57. The molecule has 3 N–H and O–H groups in total. The zero-order valence-electron chi connectivity index (χ0n) is 12.2. The molecule has 110 valence electrons. The summed E-state index contributed by atoms with van der Waals surface area (Å²) >= 11 is 0. The van der Waals surface area contributed by atoms with Crippen LogP contribution in [-0.4, -0.2) is 41.0 Å². The summed E-state index contributed by atoms with van der Waals surface area (Å²) in [5.74, 6) is -1.12. The lowest BCUT2D eigenvalue weighted by molar-refractivity contribution is -0.160. The van der Waals surface area contributed by atoms with Crippen molar-refractivity contribution in [1.82, 2.24) is 4.90 Å². The summed E-state index contributed by atoms with van der Waals surface area (Å²) in [7, 11) is 1.57. The second-order valence-electron chi connectivity index (χ2n) is 6.13. The number of carbonyl (C=O) groups excluding carboxylic acids is 1. The van der Waals surface area contributed by atoms with E-state index in [0.29, 0.717) is 6.54 Å². The van der Waals surface area contributed by atoms with Gasteiger partial charge in [0.05, 0.1) is 5.41 Å². The molecule has 0 aliphatic heterocycles. The fourth-order valence-electron chi connectivity index (χ4n) is 2.66. The highest BCUT2D eigenvalue weighted by Crippen LogP contribution is 2.37. The first kappa shape index (κ1) is 16.0. The van der Waals surface area contributed by atoms with Crippen molar-refractivity contribution >= 4 is 11.9 Å². The number of amides is 1. The summed E-state index contributed by atoms with van der Waals surface area (Å²) in [6.45, 7) is 3.40. The Morgan fingerprint density at radius 3 is 2.05 bits per heavy atom. The fourth-order valence-corrected chi connectivity index (χ4v) is 2.66. The van der Waals surface area contributed by atoms with Gasteiger partial charge in [-0.2, -0.15) is 0 Å². The van der Waals surface area contributed by atoms with Crippen LogP contribution in [0.4, 0.5) is 0 Å². The number of aliphatic carboxylic acids is 1. The second-order valence-corrected chi connectivity index (χ2v) is 6.13. The molecule has 0 bridgehead atoms. The summed E-state index contributed by atoms with van der Waals surface area (Å²) in [6.07, 6.45) is 5.77. The minimum Gasteiger partial charge on any atom is -0.480 e. The number of carbonyl (C=O) groups is 2. The molecule has 0 radical (unpaired) electrons. The lowest BCUT2D eigenvalue weighted by Gasteiger charge is -2.40. The predicted octanol–water partition coefficient (Wildman–Crippen LogP) is 1.61. The molecule has 1 amide bonds. The number of nitrogens with two attached hydrogens (primary N) is 1. The summed E-state index contributed by atoms with van der Waals surface area (Å²) < 4.78 is 0. The monoisotopic (exact) mass is 270 g/mol. The molecule has 0 aromatic heterocycles. The number of hydrogen-bond donors (Lipinski definition) is 2. The maximum atomic E-state index is 12.7.